The number of hydrogen-bond donors (Lipinski definition) is 1. The second-order valence-corrected chi connectivity index (χ2v) is 6.46. The monoisotopic (exact) mass is 354 g/mol. The summed E-state index contributed by atoms with van der Waals surface area (Å²) in [6.45, 7) is 10.7. The molecule has 4 nitrogen and oxygen atoms in total. The molecule has 1 aliphatic rings. The molecule has 0 unspecified atom stereocenters. The standard InChI is InChI=1S/C16H27BrN4/c1-4-10-18-16-14(17)15(12-7-8-12)19-13(20-16)9-11-21(5-2)6-3/h12H,4-11H2,1-3H3,(H,18,19,20). The van der Waals surface area contributed by atoms with Crippen LogP contribution in [0, 0.1) is 0 Å². The number of halogens is 1. The van der Waals surface area contributed by atoms with Gasteiger partial charge in [0.15, 0.2) is 0 Å². The van der Waals surface area contributed by atoms with Crippen LogP contribution in [0.15, 0.2) is 4.47 Å². The van der Waals surface area contributed by atoms with Gasteiger partial charge in [0.05, 0.1) is 10.2 Å². The molecular formula is C16H27BrN4. The van der Waals surface area contributed by atoms with Crippen molar-refractivity contribution >= 4 is 21.7 Å². The van der Waals surface area contributed by atoms with Gasteiger partial charge >= 0.3 is 0 Å². The molecular weight excluding hydrogens is 328 g/mol. The minimum Gasteiger partial charge on any atom is -0.369 e. The third kappa shape index (κ3) is 4.65. The zero-order valence-corrected chi connectivity index (χ0v) is 15.0. The quantitative estimate of drug-likeness (QED) is 0.731. The lowest BCUT2D eigenvalue weighted by Gasteiger charge is -2.18. The molecule has 1 aliphatic carbocycles. The molecule has 1 aromatic heterocycles. The highest BCUT2D eigenvalue weighted by molar-refractivity contribution is 9.10. The van der Waals surface area contributed by atoms with E-state index in [0.717, 1.165) is 55.1 Å². The summed E-state index contributed by atoms with van der Waals surface area (Å²) in [5, 5.41) is 3.43. The fourth-order valence-corrected chi connectivity index (χ4v) is 3.05. The first-order valence-corrected chi connectivity index (χ1v) is 9.01. The molecule has 0 radical (unpaired) electrons. The van der Waals surface area contributed by atoms with Crippen molar-refractivity contribution in [1.82, 2.24) is 14.9 Å². The number of rotatable bonds is 9. The lowest BCUT2D eigenvalue weighted by Crippen LogP contribution is -2.26. The van der Waals surface area contributed by atoms with Gasteiger partial charge in [0.1, 0.15) is 11.6 Å². The van der Waals surface area contributed by atoms with Gasteiger partial charge in [-0.2, -0.15) is 0 Å². The summed E-state index contributed by atoms with van der Waals surface area (Å²) in [7, 11) is 0. The molecule has 2 rings (SSSR count). The van der Waals surface area contributed by atoms with Crippen molar-refractivity contribution in [2.45, 2.75) is 52.4 Å². The van der Waals surface area contributed by atoms with Crippen LogP contribution in [0.4, 0.5) is 5.82 Å². The van der Waals surface area contributed by atoms with Gasteiger partial charge in [-0.1, -0.05) is 20.8 Å². The van der Waals surface area contributed by atoms with Crippen LogP contribution in [-0.4, -0.2) is 41.0 Å². The van der Waals surface area contributed by atoms with E-state index in [1.807, 2.05) is 0 Å². The van der Waals surface area contributed by atoms with E-state index in [2.05, 4.69) is 46.9 Å². The third-order valence-electron chi connectivity index (χ3n) is 3.98. The zero-order chi connectivity index (χ0) is 15.2. The van der Waals surface area contributed by atoms with Gasteiger partial charge in [-0.25, -0.2) is 9.97 Å². The molecule has 0 atom stereocenters. The number of anilines is 1. The summed E-state index contributed by atoms with van der Waals surface area (Å²) < 4.78 is 1.07. The second-order valence-electron chi connectivity index (χ2n) is 5.67. The molecule has 0 aliphatic heterocycles. The molecule has 0 bridgehead atoms. The number of nitrogens with zero attached hydrogens (tertiary/aromatic N) is 3. The van der Waals surface area contributed by atoms with Crippen molar-refractivity contribution in [2.24, 2.45) is 0 Å². The van der Waals surface area contributed by atoms with Gasteiger partial charge in [0, 0.05) is 25.4 Å². The second kappa shape index (κ2) is 8.08. The molecule has 0 aromatic carbocycles. The van der Waals surface area contributed by atoms with Crippen LogP contribution in [0.3, 0.4) is 0 Å². The van der Waals surface area contributed by atoms with E-state index in [9.17, 15) is 0 Å². The summed E-state index contributed by atoms with van der Waals surface area (Å²) in [5.74, 6) is 2.59. The number of likely N-dealkylation sites (N-methyl/N-ethyl adjacent to an activating group) is 1. The van der Waals surface area contributed by atoms with Gasteiger partial charge in [-0.05, 0) is 48.3 Å². The average Bonchev–Trinajstić information content (AvgIpc) is 3.32. The van der Waals surface area contributed by atoms with Gasteiger partial charge in [0.25, 0.3) is 0 Å². The van der Waals surface area contributed by atoms with E-state index >= 15 is 0 Å². The topological polar surface area (TPSA) is 41.1 Å². The minimum atomic E-state index is 0.636. The van der Waals surface area contributed by atoms with E-state index in [1.165, 1.54) is 18.5 Å². The fraction of sp³-hybridized carbons (Fsp3) is 0.750. The van der Waals surface area contributed by atoms with E-state index in [4.69, 9.17) is 9.97 Å². The van der Waals surface area contributed by atoms with Crippen LogP contribution < -0.4 is 5.32 Å². The van der Waals surface area contributed by atoms with Crippen LogP contribution in [0.25, 0.3) is 0 Å². The van der Waals surface area contributed by atoms with Crippen molar-refractivity contribution in [3.05, 3.63) is 16.0 Å². The average molecular weight is 355 g/mol. The molecule has 5 heteroatoms. The van der Waals surface area contributed by atoms with Crippen molar-refractivity contribution in [2.75, 3.05) is 31.5 Å². The highest BCUT2D eigenvalue weighted by atomic mass is 79.9. The summed E-state index contributed by atoms with van der Waals surface area (Å²) in [5.41, 5.74) is 1.21. The maximum atomic E-state index is 4.82. The predicted octanol–water partition coefficient (Wildman–Crippen LogP) is 3.82. The largest absolute Gasteiger partial charge is 0.369 e. The van der Waals surface area contributed by atoms with Crippen LogP contribution in [0.1, 0.15) is 57.5 Å². The van der Waals surface area contributed by atoms with Crippen molar-refractivity contribution in [3.63, 3.8) is 0 Å². The first kappa shape index (κ1) is 16.7. The highest BCUT2D eigenvalue weighted by Crippen LogP contribution is 2.43. The molecule has 1 saturated carbocycles. The maximum absolute atomic E-state index is 4.82. The molecule has 118 valence electrons. The Hall–Kier alpha value is -0.680. The molecule has 1 fully saturated rings. The van der Waals surface area contributed by atoms with E-state index in [1.54, 1.807) is 0 Å². The van der Waals surface area contributed by atoms with Gasteiger partial charge in [-0.15, -0.1) is 0 Å². The van der Waals surface area contributed by atoms with Gasteiger partial charge < -0.3 is 10.2 Å². The third-order valence-corrected chi connectivity index (χ3v) is 4.76. The molecule has 1 aromatic rings. The summed E-state index contributed by atoms with van der Waals surface area (Å²) in [4.78, 5) is 12.0. The molecule has 0 saturated heterocycles. The Balaban J connectivity index is 2.13. The molecule has 0 amide bonds. The minimum absolute atomic E-state index is 0.636. The van der Waals surface area contributed by atoms with Crippen molar-refractivity contribution in [1.29, 1.82) is 0 Å². The summed E-state index contributed by atoms with van der Waals surface area (Å²) >= 11 is 3.70. The van der Waals surface area contributed by atoms with Gasteiger partial charge in [0.2, 0.25) is 0 Å². The Labute approximate surface area is 136 Å². The van der Waals surface area contributed by atoms with E-state index in [0.29, 0.717) is 5.92 Å². The predicted molar refractivity (Wildman–Crippen MR) is 92.0 cm³/mol. The SMILES string of the molecule is CCCNc1nc(CCN(CC)CC)nc(C2CC2)c1Br. The van der Waals surface area contributed by atoms with Crippen molar-refractivity contribution in [3.8, 4) is 0 Å². The van der Waals surface area contributed by atoms with Crippen LogP contribution >= 0.6 is 15.9 Å². The first-order valence-electron chi connectivity index (χ1n) is 8.22. The Kier molecular flexibility index (Phi) is 6.42. The van der Waals surface area contributed by atoms with Crippen molar-refractivity contribution < 1.29 is 0 Å². The Morgan fingerprint density at radius 3 is 2.48 bits per heavy atom. The Morgan fingerprint density at radius 1 is 1.19 bits per heavy atom. The summed E-state index contributed by atoms with van der Waals surface area (Å²) in [6.07, 6.45) is 4.55. The Bertz CT molecular complexity index is 456. The number of nitrogens with one attached hydrogen (secondary N) is 1. The summed E-state index contributed by atoms with van der Waals surface area (Å²) in [6, 6.07) is 0. The lowest BCUT2D eigenvalue weighted by atomic mass is 10.2. The zero-order valence-electron chi connectivity index (χ0n) is 13.5. The van der Waals surface area contributed by atoms with Gasteiger partial charge in [-0.3, -0.25) is 0 Å². The van der Waals surface area contributed by atoms with Crippen LogP contribution in [0.5, 0.6) is 0 Å². The molecule has 1 N–H and O–H groups in total. The fourth-order valence-electron chi connectivity index (χ4n) is 2.41. The van der Waals surface area contributed by atoms with E-state index in [-0.39, 0.29) is 0 Å². The smallest absolute Gasteiger partial charge is 0.144 e. The van der Waals surface area contributed by atoms with Crippen LogP contribution in [-0.2, 0) is 6.42 Å². The highest BCUT2D eigenvalue weighted by Gasteiger charge is 2.29. The molecule has 0 spiro atoms. The molecule has 1 heterocycles. The van der Waals surface area contributed by atoms with E-state index < -0.39 is 0 Å². The number of aromatic nitrogens is 2. The first-order chi connectivity index (χ1) is 10.2. The lowest BCUT2D eigenvalue weighted by molar-refractivity contribution is 0.305. The normalized spacial score (nSPS) is 14.7. The maximum Gasteiger partial charge on any atom is 0.144 e. The molecule has 21 heavy (non-hydrogen) atoms. The Morgan fingerprint density at radius 2 is 1.90 bits per heavy atom. The number of hydrogen-bond acceptors (Lipinski definition) is 4. The van der Waals surface area contributed by atoms with Crippen LogP contribution in [0.2, 0.25) is 0 Å².